The third-order valence-corrected chi connectivity index (χ3v) is 9.17. The van der Waals surface area contributed by atoms with Crippen LogP contribution in [0.1, 0.15) is 49.7 Å². The summed E-state index contributed by atoms with van der Waals surface area (Å²) in [5.74, 6) is -9.48. The molecule has 5 atom stereocenters. The van der Waals surface area contributed by atoms with Crippen molar-refractivity contribution >= 4 is 17.7 Å². The molecule has 4 fully saturated rings. The van der Waals surface area contributed by atoms with Gasteiger partial charge in [-0.05, 0) is 67.5 Å². The van der Waals surface area contributed by atoms with Gasteiger partial charge in [-0.3, -0.25) is 14.4 Å². The van der Waals surface area contributed by atoms with E-state index in [1.807, 2.05) is 6.07 Å². The second kappa shape index (κ2) is 10.1. The highest BCUT2D eigenvalue weighted by atomic mass is 19.3. The second-order valence-corrected chi connectivity index (χ2v) is 11.6. The lowest BCUT2D eigenvalue weighted by molar-refractivity contribution is -0.201. The molecule has 3 N–H and O–H groups in total. The van der Waals surface area contributed by atoms with Gasteiger partial charge in [-0.15, -0.1) is 0 Å². The van der Waals surface area contributed by atoms with E-state index >= 15 is 8.78 Å². The first-order chi connectivity index (χ1) is 20.0. The predicted molar refractivity (Wildman–Crippen MR) is 139 cm³/mol. The third kappa shape index (κ3) is 4.33. The number of aliphatic hydroxyl groups is 1. The van der Waals surface area contributed by atoms with Crippen LogP contribution in [0.3, 0.4) is 0 Å². The number of nitrogens with zero attached hydrogens (tertiary/aromatic N) is 2. The Morgan fingerprint density at radius 2 is 1.74 bits per heavy atom. The lowest BCUT2D eigenvalue weighted by Gasteiger charge is -2.54. The Kier molecular flexibility index (Phi) is 6.76. The highest BCUT2D eigenvalue weighted by Gasteiger charge is 2.63. The van der Waals surface area contributed by atoms with Crippen molar-refractivity contribution in [3.8, 4) is 17.2 Å². The summed E-state index contributed by atoms with van der Waals surface area (Å²) in [5.41, 5.74) is -2.48. The molecule has 3 aliphatic heterocycles. The Morgan fingerprint density at radius 3 is 2.31 bits per heavy atom. The van der Waals surface area contributed by atoms with Gasteiger partial charge in [0, 0.05) is 36.1 Å². The van der Waals surface area contributed by atoms with E-state index in [9.17, 15) is 33.5 Å². The van der Waals surface area contributed by atoms with E-state index in [0.717, 1.165) is 29.2 Å². The first-order valence-electron chi connectivity index (χ1n) is 14.0. The fourth-order valence-electron chi connectivity index (χ4n) is 7.21. The molecule has 7 rings (SSSR count). The number of hydrogen-bond acceptors (Lipinski definition) is 5. The monoisotopic (exact) mass is 584 g/mol. The summed E-state index contributed by atoms with van der Waals surface area (Å²) in [7, 11) is 0. The van der Waals surface area contributed by atoms with Crippen molar-refractivity contribution in [2.75, 3.05) is 6.54 Å². The number of benzene rings is 2. The maximum atomic E-state index is 15.2. The van der Waals surface area contributed by atoms with Crippen molar-refractivity contribution in [1.82, 2.24) is 15.5 Å². The molecule has 5 aliphatic rings. The fraction of sp³-hybridized carbons (Fsp3) is 0.467. The normalized spacial score (nSPS) is 27.3. The highest BCUT2D eigenvalue weighted by molar-refractivity contribution is 6.01. The molecule has 2 bridgehead atoms. The van der Waals surface area contributed by atoms with E-state index in [1.54, 1.807) is 0 Å². The molecule has 0 radical (unpaired) electrons. The van der Waals surface area contributed by atoms with Gasteiger partial charge in [0.05, 0.1) is 12.0 Å². The number of nitriles is 1. The third-order valence-electron chi connectivity index (χ3n) is 9.17. The fourth-order valence-corrected chi connectivity index (χ4v) is 7.21. The molecule has 0 aromatic heterocycles. The highest BCUT2D eigenvalue weighted by Crippen LogP contribution is 2.54. The lowest BCUT2D eigenvalue weighted by atomic mass is 9.70. The van der Waals surface area contributed by atoms with Crippen molar-refractivity contribution in [3.63, 3.8) is 0 Å². The minimum Gasteiger partial charge on any atom is -0.372 e. The van der Waals surface area contributed by atoms with E-state index < -0.39 is 71.4 Å². The van der Waals surface area contributed by atoms with Crippen molar-refractivity contribution < 1.29 is 37.1 Å². The summed E-state index contributed by atoms with van der Waals surface area (Å²) in [6, 6.07) is 4.60. The van der Waals surface area contributed by atoms with Crippen LogP contribution < -0.4 is 10.6 Å². The number of hydrogen-bond donors (Lipinski definition) is 3. The second-order valence-electron chi connectivity index (χ2n) is 11.6. The molecule has 42 heavy (non-hydrogen) atoms. The number of halogens is 4. The van der Waals surface area contributed by atoms with Gasteiger partial charge in [0.25, 0.3) is 11.8 Å². The Labute approximate surface area is 238 Å². The molecule has 12 heteroatoms. The molecule has 1 saturated carbocycles. The zero-order valence-electron chi connectivity index (χ0n) is 22.4. The summed E-state index contributed by atoms with van der Waals surface area (Å²) in [4.78, 5) is 41.3. The number of nitrogens with one attached hydrogen (secondary N) is 2. The van der Waals surface area contributed by atoms with Gasteiger partial charge >= 0.3 is 0 Å². The maximum absolute atomic E-state index is 15.2. The molecular formula is C30H28F4N4O4. The molecule has 220 valence electrons. The van der Waals surface area contributed by atoms with Gasteiger partial charge in [-0.1, -0.05) is 12.1 Å². The Bertz CT molecular complexity index is 1470. The Morgan fingerprint density at radius 1 is 1.10 bits per heavy atom. The quantitative estimate of drug-likeness (QED) is 0.467. The summed E-state index contributed by atoms with van der Waals surface area (Å²) in [6.45, 7) is 0.499. The smallest absolute Gasteiger partial charge is 0.264 e. The first-order valence-corrected chi connectivity index (χ1v) is 14.0. The minimum atomic E-state index is -3.32. The van der Waals surface area contributed by atoms with Crippen LogP contribution in [0.4, 0.5) is 17.6 Å². The largest absolute Gasteiger partial charge is 0.372 e. The van der Waals surface area contributed by atoms with Crippen molar-refractivity contribution in [1.29, 1.82) is 5.26 Å². The molecule has 3 saturated heterocycles. The van der Waals surface area contributed by atoms with Crippen LogP contribution in [-0.2, 0) is 20.0 Å². The van der Waals surface area contributed by atoms with Crippen molar-refractivity contribution in [2.24, 2.45) is 11.8 Å². The van der Waals surface area contributed by atoms with Gasteiger partial charge < -0.3 is 20.6 Å². The van der Waals surface area contributed by atoms with Gasteiger partial charge in [0.2, 0.25) is 11.8 Å². The zero-order valence-corrected chi connectivity index (χ0v) is 22.4. The van der Waals surface area contributed by atoms with Gasteiger partial charge in [0.1, 0.15) is 23.7 Å². The van der Waals surface area contributed by atoms with Crippen LogP contribution in [-0.4, -0.2) is 58.3 Å². The van der Waals surface area contributed by atoms with E-state index in [-0.39, 0.29) is 47.4 Å². The zero-order chi connectivity index (χ0) is 30.0. The number of carbonyl (C=O) groups excluding carboxylic acids is 3. The summed E-state index contributed by atoms with van der Waals surface area (Å²) < 4.78 is 59.4. The molecule has 2 aromatic rings. The van der Waals surface area contributed by atoms with Crippen LogP contribution >= 0.6 is 0 Å². The molecule has 3 amide bonds. The molecule has 3 heterocycles. The molecule has 2 aromatic carbocycles. The van der Waals surface area contributed by atoms with Gasteiger partial charge in [0.15, 0.2) is 5.60 Å². The summed E-state index contributed by atoms with van der Waals surface area (Å²) in [6.07, 6.45) is 0.432. The van der Waals surface area contributed by atoms with Gasteiger partial charge in [-0.25, -0.2) is 17.6 Å². The SMILES string of the molecule is N#C[C@@H](C[C@H]1CCCNC1=O)NC(=O)[C@@H]1[C@@H]2CC[C@@H](CC2(F)F)N1C(=O)C1(O)c2cc(F)ccc2-c2ccc(F)cc21. The number of rotatable bonds is 5. The lowest BCUT2D eigenvalue weighted by Crippen LogP contribution is -2.70. The molecule has 0 spiro atoms. The average molecular weight is 585 g/mol. The minimum absolute atomic E-state index is 0.0392. The number of piperidine rings is 3. The first kappa shape index (κ1) is 28.2. The molecule has 0 unspecified atom stereocenters. The molecular weight excluding hydrogens is 556 g/mol. The topological polar surface area (TPSA) is 123 Å². The van der Waals surface area contributed by atoms with Crippen LogP contribution in [0.15, 0.2) is 36.4 Å². The standard InChI is InChI=1S/C30H28F4N4O4/c31-16-3-6-20-21-7-4-17(32)12-24(21)30(42,23(20)11-16)28(41)38-19-5-8-22(29(33,34)13-19)25(38)27(40)37-18(14-35)10-15-2-1-9-36-26(15)39/h3-4,6-7,11-12,15,18-19,22,25,42H,1-2,5,8-10,13H2,(H,36,39)(H,37,40)/t15-,18-,19+,22+,25+/m1/s1. The summed E-state index contributed by atoms with van der Waals surface area (Å²) in [5, 5.41) is 27.0. The molecule has 2 aliphatic carbocycles. The summed E-state index contributed by atoms with van der Waals surface area (Å²) >= 11 is 0. The van der Waals surface area contributed by atoms with E-state index in [4.69, 9.17) is 0 Å². The number of fused-ring (bicyclic) bond motifs is 6. The Balaban J connectivity index is 1.38. The number of carbonyl (C=O) groups is 3. The number of amides is 3. The van der Waals surface area contributed by atoms with Crippen LogP contribution in [0, 0.1) is 34.8 Å². The van der Waals surface area contributed by atoms with Crippen molar-refractivity contribution in [3.05, 3.63) is 59.2 Å². The van der Waals surface area contributed by atoms with E-state index in [1.165, 1.54) is 12.1 Å². The van der Waals surface area contributed by atoms with Gasteiger partial charge in [-0.2, -0.15) is 5.26 Å². The number of alkyl halides is 2. The van der Waals surface area contributed by atoms with Crippen LogP contribution in [0.25, 0.3) is 11.1 Å². The molecule has 8 nitrogen and oxygen atoms in total. The van der Waals surface area contributed by atoms with Crippen LogP contribution in [0.5, 0.6) is 0 Å². The van der Waals surface area contributed by atoms with Crippen LogP contribution in [0.2, 0.25) is 0 Å². The predicted octanol–water partition coefficient (Wildman–Crippen LogP) is 3.12. The Hall–Kier alpha value is -3.98. The van der Waals surface area contributed by atoms with E-state index in [0.29, 0.717) is 19.4 Å². The maximum Gasteiger partial charge on any atom is 0.264 e. The van der Waals surface area contributed by atoms with Crippen molar-refractivity contribution in [2.45, 2.75) is 68.2 Å². The average Bonchev–Trinajstić information content (AvgIpc) is 3.20. The van der Waals surface area contributed by atoms with E-state index in [2.05, 4.69) is 10.6 Å².